The molecule has 4 heteroatoms. The first-order valence-electron chi connectivity index (χ1n) is 11.6. The number of hydrogen-bond acceptors (Lipinski definition) is 3. The molecule has 0 saturated carbocycles. The van der Waals surface area contributed by atoms with E-state index >= 15 is 0 Å². The Morgan fingerprint density at radius 1 is 0.875 bits per heavy atom. The summed E-state index contributed by atoms with van der Waals surface area (Å²) in [5.41, 5.74) is 6.62. The Balaban J connectivity index is 1.22. The van der Waals surface area contributed by atoms with Gasteiger partial charge in [0.25, 0.3) is 0 Å². The standard InChI is InChI=1S/C28H31N3O/c1-29-28(32)27-17-25(19-31(27)26-15-23-9-5-6-10-24(23)16-26)30-18-20-11-13-22(14-12-20)21-7-3-2-4-8-21/h2-14,25-27,30H,15-19H2,1H3,(H,29,32)/t25-,27+/m1/s1. The Morgan fingerprint density at radius 2 is 1.50 bits per heavy atom. The lowest BCUT2D eigenvalue weighted by Gasteiger charge is -2.29. The van der Waals surface area contributed by atoms with Gasteiger partial charge in [0, 0.05) is 32.2 Å². The number of likely N-dealkylation sites (N-methyl/N-ethyl adjacent to an activating group) is 1. The SMILES string of the molecule is CNC(=O)[C@@H]1C[C@@H](NCc2ccc(-c3ccccc3)cc2)CN1C1Cc2ccccc2C1. The van der Waals surface area contributed by atoms with Crippen LogP contribution in [0.5, 0.6) is 0 Å². The monoisotopic (exact) mass is 425 g/mol. The molecule has 1 saturated heterocycles. The minimum absolute atomic E-state index is 0.0581. The van der Waals surface area contributed by atoms with Gasteiger partial charge in [-0.1, -0.05) is 78.9 Å². The van der Waals surface area contributed by atoms with Gasteiger partial charge < -0.3 is 10.6 Å². The highest BCUT2D eigenvalue weighted by Crippen LogP contribution is 2.31. The van der Waals surface area contributed by atoms with Crippen LogP contribution in [0.1, 0.15) is 23.1 Å². The number of nitrogens with zero attached hydrogens (tertiary/aromatic N) is 1. The van der Waals surface area contributed by atoms with E-state index in [-0.39, 0.29) is 11.9 Å². The van der Waals surface area contributed by atoms with Gasteiger partial charge in [0.15, 0.2) is 0 Å². The van der Waals surface area contributed by atoms with Crippen LogP contribution in [0.25, 0.3) is 11.1 Å². The lowest BCUT2D eigenvalue weighted by atomic mass is 10.0. The summed E-state index contributed by atoms with van der Waals surface area (Å²) in [6.45, 7) is 1.73. The molecule has 2 atom stereocenters. The van der Waals surface area contributed by atoms with Gasteiger partial charge >= 0.3 is 0 Å². The van der Waals surface area contributed by atoms with Gasteiger partial charge in [-0.25, -0.2) is 0 Å². The number of benzene rings is 3. The van der Waals surface area contributed by atoms with Crippen molar-refractivity contribution in [2.75, 3.05) is 13.6 Å². The van der Waals surface area contributed by atoms with Gasteiger partial charge in [0.05, 0.1) is 6.04 Å². The van der Waals surface area contributed by atoms with E-state index in [9.17, 15) is 4.79 Å². The Kier molecular flexibility index (Phi) is 6.06. The number of amides is 1. The molecule has 4 nitrogen and oxygen atoms in total. The van der Waals surface area contributed by atoms with Crippen molar-refractivity contribution in [3.05, 3.63) is 95.6 Å². The molecule has 0 spiro atoms. The molecule has 1 amide bonds. The van der Waals surface area contributed by atoms with Crippen molar-refractivity contribution in [3.63, 3.8) is 0 Å². The average Bonchev–Trinajstić information content (AvgIpc) is 3.47. The van der Waals surface area contributed by atoms with Crippen LogP contribution in [0.2, 0.25) is 0 Å². The molecule has 1 heterocycles. The summed E-state index contributed by atoms with van der Waals surface area (Å²) in [5, 5.41) is 6.61. The van der Waals surface area contributed by atoms with Gasteiger partial charge in [0.1, 0.15) is 0 Å². The van der Waals surface area contributed by atoms with E-state index in [0.29, 0.717) is 12.1 Å². The van der Waals surface area contributed by atoms with Crippen LogP contribution in [-0.4, -0.2) is 42.5 Å². The number of fused-ring (bicyclic) bond motifs is 1. The Hall–Kier alpha value is -2.95. The number of nitrogens with one attached hydrogen (secondary N) is 2. The lowest BCUT2D eigenvalue weighted by molar-refractivity contribution is -0.125. The highest BCUT2D eigenvalue weighted by atomic mass is 16.2. The van der Waals surface area contributed by atoms with Crippen molar-refractivity contribution in [3.8, 4) is 11.1 Å². The minimum atomic E-state index is -0.0581. The summed E-state index contributed by atoms with van der Waals surface area (Å²) in [4.78, 5) is 15.1. The molecule has 0 radical (unpaired) electrons. The molecule has 5 rings (SSSR count). The van der Waals surface area contributed by atoms with E-state index < -0.39 is 0 Å². The predicted molar refractivity (Wildman–Crippen MR) is 129 cm³/mol. The number of rotatable bonds is 6. The maximum atomic E-state index is 12.7. The summed E-state index contributed by atoms with van der Waals surface area (Å²) in [7, 11) is 1.75. The van der Waals surface area contributed by atoms with Gasteiger partial charge in [-0.2, -0.15) is 0 Å². The average molecular weight is 426 g/mol. The molecular weight excluding hydrogens is 394 g/mol. The van der Waals surface area contributed by atoms with E-state index in [1.54, 1.807) is 7.05 Å². The molecule has 2 N–H and O–H groups in total. The second-order valence-corrected chi connectivity index (χ2v) is 9.03. The van der Waals surface area contributed by atoms with Crippen LogP contribution in [0.15, 0.2) is 78.9 Å². The minimum Gasteiger partial charge on any atom is -0.358 e. The maximum Gasteiger partial charge on any atom is 0.237 e. The summed E-state index contributed by atoms with van der Waals surface area (Å²) >= 11 is 0. The number of carbonyl (C=O) groups excluding carboxylic acids is 1. The summed E-state index contributed by atoms with van der Waals surface area (Å²) in [5.74, 6) is 0.137. The predicted octanol–water partition coefficient (Wildman–Crippen LogP) is 3.80. The third kappa shape index (κ3) is 4.34. The highest BCUT2D eigenvalue weighted by molar-refractivity contribution is 5.82. The second kappa shape index (κ2) is 9.27. The van der Waals surface area contributed by atoms with Gasteiger partial charge in [-0.15, -0.1) is 0 Å². The maximum absolute atomic E-state index is 12.7. The topological polar surface area (TPSA) is 44.4 Å². The first-order valence-corrected chi connectivity index (χ1v) is 11.6. The molecule has 0 unspecified atom stereocenters. The molecule has 32 heavy (non-hydrogen) atoms. The van der Waals surface area contributed by atoms with Crippen LogP contribution in [-0.2, 0) is 24.2 Å². The molecule has 1 fully saturated rings. The van der Waals surface area contributed by atoms with E-state index in [2.05, 4.69) is 88.3 Å². The zero-order valence-corrected chi connectivity index (χ0v) is 18.6. The van der Waals surface area contributed by atoms with E-state index in [1.165, 1.54) is 27.8 Å². The van der Waals surface area contributed by atoms with Crippen LogP contribution >= 0.6 is 0 Å². The summed E-state index contributed by atoms with van der Waals surface area (Å²) in [6, 6.07) is 28.6. The van der Waals surface area contributed by atoms with E-state index in [1.807, 2.05) is 6.07 Å². The third-order valence-corrected chi connectivity index (χ3v) is 7.04. The van der Waals surface area contributed by atoms with Gasteiger partial charge in [0.2, 0.25) is 5.91 Å². The number of hydrogen-bond donors (Lipinski definition) is 2. The normalized spacial score (nSPS) is 20.9. The fourth-order valence-corrected chi connectivity index (χ4v) is 5.31. The molecule has 3 aromatic rings. The fourth-order valence-electron chi connectivity index (χ4n) is 5.31. The molecule has 164 valence electrons. The summed E-state index contributed by atoms with van der Waals surface area (Å²) in [6.07, 6.45) is 2.93. The smallest absolute Gasteiger partial charge is 0.237 e. The quantitative estimate of drug-likeness (QED) is 0.631. The first-order chi connectivity index (χ1) is 15.7. The molecule has 0 aromatic heterocycles. The van der Waals surface area contributed by atoms with Crippen molar-refractivity contribution in [1.29, 1.82) is 0 Å². The van der Waals surface area contributed by atoms with Crippen LogP contribution in [0.3, 0.4) is 0 Å². The van der Waals surface area contributed by atoms with Gasteiger partial charge in [-0.3, -0.25) is 9.69 Å². The van der Waals surface area contributed by atoms with Crippen molar-refractivity contribution in [2.45, 2.75) is 43.9 Å². The molecule has 2 aliphatic rings. The Bertz CT molecular complexity index is 1040. The zero-order chi connectivity index (χ0) is 21.9. The van der Waals surface area contributed by atoms with Gasteiger partial charge in [-0.05, 0) is 47.1 Å². The lowest BCUT2D eigenvalue weighted by Crippen LogP contribution is -2.47. The summed E-state index contributed by atoms with van der Waals surface area (Å²) < 4.78 is 0. The van der Waals surface area contributed by atoms with Crippen LogP contribution in [0.4, 0.5) is 0 Å². The molecular formula is C28H31N3O. The van der Waals surface area contributed by atoms with E-state index in [4.69, 9.17) is 0 Å². The number of likely N-dealkylation sites (tertiary alicyclic amines) is 1. The second-order valence-electron chi connectivity index (χ2n) is 9.03. The van der Waals surface area contributed by atoms with Crippen molar-refractivity contribution in [1.82, 2.24) is 15.5 Å². The third-order valence-electron chi connectivity index (χ3n) is 7.04. The molecule has 1 aliphatic heterocycles. The zero-order valence-electron chi connectivity index (χ0n) is 18.6. The van der Waals surface area contributed by atoms with E-state index in [0.717, 1.165) is 32.4 Å². The van der Waals surface area contributed by atoms with Crippen LogP contribution < -0.4 is 10.6 Å². The molecule has 3 aromatic carbocycles. The van der Waals surface area contributed by atoms with Crippen LogP contribution in [0, 0.1) is 0 Å². The Morgan fingerprint density at radius 3 is 2.16 bits per heavy atom. The van der Waals surface area contributed by atoms with Crippen molar-refractivity contribution < 1.29 is 4.79 Å². The van der Waals surface area contributed by atoms with Crippen molar-refractivity contribution in [2.24, 2.45) is 0 Å². The molecule has 0 bridgehead atoms. The number of carbonyl (C=O) groups is 1. The largest absolute Gasteiger partial charge is 0.358 e. The molecule has 1 aliphatic carbocycles. The Labute approximate surface area is 190 Å². The van der Waals surface area contributed by atoms with Crippen molar-refractivity contribution >= 4 is 5.91 Å². The first kappa shape index (κ1) is 20.9. The highest BCUT2D eigenvalue weighted by Gasteiger charge is 2.41. The fraction of sp³-hybridized carbons (Fsp3) is 0.321.